The Morgan fingerprint density at radius 2 is 1.95 bits per heavy atom. The zero-order chi connectivity index (χ0) is 13.9. The summed E-state index contributed by atoms with van der Waals surface area (Å²) in [5, 5.41) is 9.16. The maximum absolute atomic E-state index is 11.2. The SMILES string of the molecule is O=C(O)c1ccccc1SCC1Cc2ccccc2O1. The maximum atomic E-state index is 11.2. The molecule has 102 valence electrons. The number of hydrogen-bond donors (Lipinski definition) is 1. The predicted octanol–water partition coefficient (Wildman–Crippen LogP) is 3.48. The highest BCUT2D eigenvalue weighted by Gasteiger charge is 2.23. The Kier molecular flexibility index (Phi) is 3.65. The highest BCUT2D eigenvalue weighted by molar-refractivity contribution is 7.99. The standard InChI is InChI=1S/C16H14O3S/c17-16(18)13-6-2-4-8-15(13)20-10-12-9-11-5-1-3-7-14(11)19-12/h1-8,12H,9-10H2,(H,17,18). The molecule has 0 aliphatic carbocycles. The van der Waals surface area contributed by atoms with Crippen molar-refractivity contribution in [1.82, 2.24) is 0 Å². The molecule has 1 aliphatic rings. The minimum atomic E-state index is -0.885. The molecule has 1 heterocycles. The van der Waals surface area contributed by atoms with E-state index in [1.54, 1.807) is 12.1 Å². The number of carboxylic acids is 1. The molecule has 2 aromatic carbocycles. The van der Waals surface area contributed by atoms with Crippen LogP contribution >= 0.6 is 11.8 Å². The van der Waals surface area contributed by atoms with Gasteiger partial charge in [0.1, 0.15) is 11.9 Å². The fourth-order valence-electron chi connectivity index (χ4n) is 2.30. The number of carboxylic acid groups (broad SMARTS) is 1. The molecule has 1 atom stereocenters. The van der Waals surface area contributed by atoms with E-state index in [4.69, 9.17) is 9.84 Å². The zero-order valence-corrected chi connectivity index (χ0v) is 11.6. The zero-order valence-electron chi connectivity index (χ0n) is 10.8. The molecular formula is C16H14O3S. The molecule has 0 fully saturated rings. The van der Waals surface area contributed by atoms with Crippen LogP contribution in [0.5, 0.6) is 5.75 Å². The Balaban J connectivity index is 1.66. The summed E-state index contributed by atoms with van der Waals surface area (Å²) in [6.45, 7) is 0. The molecule has 1 N–H and O–H groups in total. The third-order valence-corrected chi connectivity index (χ3v) is 4.46. The van der Waals surface area contributed by atoms with E-state index in [0.29, 0.717) is 5.56 Å². The molecule has 2 aromatic rings. The molecule has 1 unspecified atom stereocenters. The average Bonchev–Trinajstić information content (AvgIpc) is 2.88. The number of ether oxygens (including phenoxy) is 1. The molecule has 0 amide bonds. The highest BCUT2D eigenvalue weighted by Crippen LogP contribution is 2.32. The van der Waals surface area contributed by atoms with Crippen LogP contribution in [0.15, 0.2) is 53.4 Å². The lowest BCUT2D eigenvalue weighted by atomic mass is 10.1. The quantitative estimate of drug-likeness (QED) is 0.874. The van der Waals surface area contributed by atoms with E-state index in [9.17, 15) is 4.79 Å². The van der Waals surface area contributed by atoms with Gasteiger partial charge in [0.05, 0.1) is 5.56 Å². The predicted molar refractivity (Wildman–Crippen MR) is 78.7 cm³/mol. The van der Waals surface area contributed by atoms with Crippen molar-refractivity contribution in [3.8, 4) is 5.75 Å². The molecule has 0 aromatic heterocycles. The summed E-state index contributed by atoms with van der Waals surface area (Å²) in [5.41, 5.74) is 1.58. The number of hydrogen-bond acceptors (Lipinski definition) is 3. The molecule has 0 saturated heterocycles. The second-order valence-corrected chi connectivity index (χ2v) is 5.73. The van der Waals surface area contributed by atoms with Crippen molar-refractivity contribution in [3.05, 3.63) is 59.7 Å². The molecule has 0 radical (unpaired) electrons. The first-order valence-electron chi connectivity index (χ1n) is 6.44. The largest absolute Gasteiger partial charge is 0.489 e. The fourth-order valence-corrected chi connectivity index (χ4v) is 3.34. The van der Waals surface area contributed by atoms with Crippen molar-refractivity contribution < 1.29 is 14.6 Å². The van der Waals surface area contributed by atoms with Gasteiger partial charge in [0, 0.05) is 17.1 Å². The summed E-state index contributed by atoms with van der Waals surface area (Å²) in [7, 11) is 0. The Labute approximate surface area is 121 Å². The summed E-state index contributed by atoms with van der Waals surface area (Å²) < 4.78 is 5.86. The monoisotopic (exact) mass is 286 g/mol. The lowest BCUT2D eigenvalue weighted by Crippen LogP contribution is -2.16. The summed E-state index contributed by atoms with van der Waals surface area (Å²) >= 11 is 1.54. The Bertz CT molecular complexity index is 614. The van der Waals surface area contributed by atoms with E-state index in [2.05, 4.69) is 6.07 Å². The average molecular weight is 286 g/mol. The summed E-state index contributed by atoms with van der Waals surface area (Å²) in [5.74, 6) is 0.812. The van der Waals surface area contributed by atoms with Crippen LogP contribution in [-0.2, 0) is 6.42 Å². The lowest BCUT2D eigenvalue weighted by molar-refractivity contribution is 0.0693. The Hall–Kier alpha value is -1.94. The lowest BCUT2D eigenvalue weighted by Gasteiger charge is -2.11. The number of rotatable bonds is 4. The van der Waals surface area contributed by atoms with E-state index in [1.165, 1.54) is 17.3 Å². The molecule has 3 rings (SSSR count). The van der Waals surface area contributed by atoms with Crippen LogP contribution in [0, 0.1) is 0 Å². The summed E-state index contributed by atoms with van der Waals surface area (Å²) in [6.07, 6.45) is 0.998. The second-order valence-electron chi connectivity index (χ2n) is 4.66. The van der Waals surface area contributed by atoms with E-state index in [-0.39, 0.29) is 6.10 Å². The number of thioether (sulfide) groups is 1. The third kappa shape index (κ3) is 2.65. The Morgan fingerprint density at radius 3 is 2.75 bits per heavy atom. The topological polar surface area (TPSA) is 46.5 Å². The van der Waals surface area contributed by atoms with Gasteiger partial charge in [-0.25, -0.2) is 4.79 Å². The molecule has 0 bridgehead atoms. The van der Waals surface area contributed by atoms with Crippen LogP contribution in [-0.4, -0.2) is 22.9 Å². The molecule has 3 nitrogen and oxygen atoms in total. The van der Waals surface area contributed by atoms with Crippen LogP contribution in [0.3, 0.4) is 0 Å². The molecule has 4 heteroatoms. The molecule has 0 saturated carbocycles. The van der Waals surface area contributed by atoms with Gasteiger partial charge in [-0.3, -0.25) is 0 Å². The van der Waals surface area contributed by atoms with Gasteiger partial charge < -0.3 is 9.84 Å². The number of carbonyl (C=O) groups is 1. The first-order valence-corrected chi connectivity index (χ1v) is 7.42. The van der Waals surface area contributed by atoms with Gasteiger partial charge >= 0.3 is 5.97 Å². The number of fused-ring (bicyclic) bond motifs is 1. The molecule has 20 heavy (non-hydrogen) atoms. The van der Waals surface area contributed by atoms with Crippen LogP contribution in [0.2, 0.25) is 0 Å². The van der Waals surface area contributed by atoms with Gasteiger partial charge in [-0.2, -0.15) is 0 Å². The van der Waals surface area contributed by atoms with Gasteiger partial charge in [0.15, 0.2) is 0 Å². The molecular weight excluding hydrogens is 272 g/mol. The van der Waals surface area contributed by atoms with Crippen molar-refractivity contribution in [2.45, 2.75) is 17.4 Å². The van der Waals surface area contributed by atoms with Crippen molar-refractivity contribution >= 4 is 17.7 Å². The van der Waals surface area contributed by atoms with Crippen LogP contribution in [0.4, 0.5) is 0 Å². The van der Waals surface area contributed by atoms with E-state index in [0.717, 1.165) is 22.8 Å². The summed E-state index contributed by atoms with van der Waals surface area (Å²) in [6, 6.07) is 15.1. The number of para-hydroxylation sites is 1. The van der Waals surface area contributed by atoms with Gasteiger partial charge in [0.2, 0.25) is 0 Å². The normalized spacial score (nSPS) is 16.5. The second kappa shape index (κ2) is 5.59. The van der Waals surface area contributed by atoms with E-state index < -0.39 is 5.97 Å². The molecule has 1 aliphatic heterocycles. The number of benzene rings is 2. The first kappa shape index (κ1) is 13.1. The van der Waals surface area contributed by atoms with Crippen molar-refractivity contribution in [1.29, 1.82) is 0 Å². The smallest absolute Gasteiger partial charge is 0.336 e. The number of aromatic carboxylic acids is 1. The van der Waals surface area contributed by atoms with Crippen LogP contribution in [0.1, 0.15) is 15.9 Å². The molecule has 0 spiro atoms. The van der Waals surface area contributed by atoms with E-state index >= 15 is 0 Å². The van der Waals surface area contributed by atoms with Gasteiger partial charge in [-0.05, 0) is 23.8 Å². The maximum Gasteiger partial charge on any atom is 0.336 e. The first-order chi connectivity index (χ1) is 9.74. The van der Waals surface area contributed by atoms with E-state index in [1.807, 2.05) is 30.3 Å². The minimum Gasteiger partial charge on any atom is -0.489 e. The highest BCUT2D eigenvalue weighted by atomic mass is 32.2. The van der Waals surface area contributed by atoms with Crippen molar-refractivity contribution in [2.75, 3.05) is 5.75 Å². The van der Waals surface area contributed by atoms with Gasteiger partial charge in [-0.1, -0.05) is 30.3 Å². The third-order valence-electron chi connectivity index (χ3n) is 3.26. The van der Waals surface area contributed by atoms with Crippen LogP contribution < -0.4 is 4.74 Å². The van der Waals surface area contributed by atoms with Crippen molar-refractivity contribution in [2.24, 2.45) is 0 Å². The fraction of sp³-hybridized carbons (Fsp3) is 0.188. The van der Waals surface area contributed by atoms with Gasteiger partial charge in [-0.15, -0.1) is 11.8 Å². The summed E-state index contributed by atoms with van der Waals surface area (Å²) in [4.78, 5) is 11.9. The van der Waals surface area contributed by atoms with Gasteiger partial charge in [0.25, 0.3) is 0 Å². The minimum absolute atomic E-state index is 0.110. The van der Waals surface area contributed by atoms with Crippen molar-refractivity contribution in [3.63, 3.8) is 0 Å². The Morgan fingerprint density at radius 1 is 1.20 bits per heavy atom. The van der Waals surface area contributed by atoms with Crippen LogP contribution in [0.25, 0.3) is 0 Å².